The predicted octanol–water partition coefficient (Wildman–Crippen LogP) is 4.38. The highest BCUT2D eigenvalue weighted by atomic mass is 19.4. The van der Waals surface area contributed by atoms with Crippen molar-refractivity contribution < 1.29 is 40.6 Å². The second-order valence-electron chi connectivity index (χ2n) is 6.71. The number of amides is 1. The number of pyridine rings is 1. The third-order valence-corrected chi connectivity index (χ3v) is 4.54. The lowest BCUT2D eigenvalue weighted by atomic mass is 10.0. The summed E-state index contributed by atoms with van der Waals surface area (Å²) in [5.41, 5.74) is 0.687. The summed E-state index contributed by atoms with van der Waals surface area (Å²) in [6.07, 6.45) is -1.40. The van der Waals surface area contributed by atoms with Crippen LogP contribution in [0.3, 0.4) is 0 Å². The first-order valence-electron chi connectivity index (χ1n) is 9.18. The quantitative estimate of drug-likeness (QED) is 0.498. The Hall–Kier alpha value is -3.90. The average Bonchev–Trinajstić information content (AvgIpc) is 3.09. The molecule has 3 heterocycles. The van der Waals surface area contributed by atoms with Gasteiger partial charge in [-0.2, -0.15) is 22.0 Å². The van der Waals surface area contributed by atoms with Crippen LogP contribution < -0.4 is 14.4 Å². The molecule has 0 radical (unpaired) electrons. The minimum absolute atomic E-state index is 0.0245. The zero-order valence-corrected chi connectivity index (χ0v) is 16.3. The summed E-state index contributed by atoms with van der Waals surface area (Å²) >= 11 is 0. The van der Waals surface area contributed by atoms with Crippen LogP contribution in [-0.4, -0.2) is 40.3 Å². The van der Waals surface area contributed by atoms with E-state index < -0.39 is 42.7 Å². The molecule has 0 fully saturated rings. The second kappa shape index (κ2) is 8.56. The second-order valence-corrected chi connectivity index (χ2v) is 6.71. The van der Waals surface area contributed by atoms with E-state index in [2.05, 4.69) is 19.7 Å². The van der Waals surface area contributed by atoms with Crippen molar-refractivity contribution in [2.75, 3.05) is 11.5 Å². The molecule has 0 N–H and O–H groups in total. The Morgan fingerprint density at radius 3 is 2.52 bits per heavy atom. The monoisotopic (exact) mass is 470 g/mol. The van der Waals surface area contributed by atoms with Crippen molar-refractivity contribution in [3.63, 3.8) is 0 Å². The SMILES string of the molecule is O=C1c2ccnc(-c3ccc(F)cc3OCC(F)(F)F)c2CN1c1cnc(OC(F)F)cn1. The van der Waals surface area contributed by atoms with Crippen LogP contribution in [0.5, 0.6) is 11.6 Å². The van der Waals surface area contributed by atoms with E-state index in [0.29, 0.717) is 5.56 Å². The van der Waals surface area contributed by atoms with Gasteiger partial charge in [-0.15, -0.1) is 0 Å². The van der Waals surface area contributed by atoms with Crippen molar-refractivity contribution >= 4 is 11.7 Å². The Kier molecular flexibility index (Phi) is 5.78. The summed E-state index contributed by atoms with van der Waals surface area (Å²) in [6, 6.07) is 4.43. The van der Waals surface area contributed by atoms with Crippen molar-refractivity contribution in [2.24, 2.45) is 0 Å². The molecular weight excluding hydrogens is 458 g/mol. The Labute approximate surface area is 181 Å². The van der Waals surface area contributed by atoms with Crippen LogP contribution >= 0.6 is 0 Å². The zero-order chi connectivity index (χ0) is 23.8. The summed E-state index contributed by atoms with van der Waals surface area (Å²) in [6.45, 7) is -4.84. The molecule has 0 unspecified atom stereocenters. The van der Waals surface area contributed by atoms with Gasteiger partial charge in [-0.3, -0.25) is 14.7 Å². The lowest BCUT2D eigenvalue weighted by molar-refractivity contribution is -0.153. The van der Waals surface area contributed by atoms with E-state index >= 15 is 0 Å². The van der Waals surface area contributed by atoms with Gasteiger partial charge in [0, 0.05) is 29.0 Å². The lowest BCUT2D eigenvalue weighted by Gasteiger charge is -2.15. The summed E-state index contributed by atoms with van der Waals surface area (Å²) in [5.74, 6) is -2.16. The molecule has 33 heavy (non-hydrogen) atoms. The fourth-order valence-electron chi connectivity index (χ4n) is 3.22. The summed E-state index contributed by atoms with van der Waals surface area (Å²) in [7, 11) is 0. The fraction of sp³-hybridized carbons (Fsp3) is 0.200. The Bertz CT molecular complexity index is 1190. The van der Waals surface area contributed by atoms with Gasteiger partial charge in [-0.25, -0.2) is 14.4 Å². The fourth-order valence-corrected chi connectivity index (χ4v) is 3.22. The molecular formula is C20H12F6N4O3. The third kappa shape index (κ3) is 4.81. The molecule has 7 nitrogen and oxygen atoms in total. The number of carbonyl (C=O) groups excluding carboxylic acids is 1. The summed E-state index contributed by atoms with van der Waals surface area (Å²) < 4.78 is 85.1. The lowest BCUT2D eigenvalue weighted by Crippen LogP contribution is -2.24. The van der Waals surface area contributed by atoms with Crippen molar-refractivity contribution in [3.8, 4) is 22.9 Å². The van der Waals surface area contributed by atoms with Crippen LogP contribution in [0.25, 0.3) is 11.3 Å². The van der Waals surface area contributed by atoms with Gasteiger partial charge in [0.25, 0.3) is 5.91 Å². The Morgan fingerprint density at radius 2 is 1.85 bits per heavy atom. The maximum absolute atomic E-state index is 13.7. The smallest absolute Gasteiger partial charge is 0.422 e. The van der Waals surface area contributed by atoms with Crippen molar-refractivity contribution in [1.29, 1.82) is 0 Å². The van der Waals surface area contributed by atoms with E-state index in [1.807, 2.05) is 0 Å². The number of carbonyl (C=O) groups is 1. The highest BCUT2D eigenvalue weighted by Crippen LogP contribution is 2.38. The van der Waals surface area contributed by atoms with Gasteiger partial charge in [0.2, 0.25) is 5.88 Å². The van der Waals surface area contributed by atoms with Crippen LogP contribution in [-0.2, 0) is 6.54 Å². The summed E-state index contributed by atoms with van der Waals surface area (Å²) in [4.78, 5) is 25.8. The third-order valence-electron chi connectivity index (χ3n) is 4.54. The number of alkyl halides is 5. The standard InChI is InChI=1S/C20H12F6N4O3/c21-10-1-2-12(14(5-10)32-9-20(24,25)26)17-13-8-30(18(31)11(13)3-4-27-17)15-6-29-16(7-28-15)33-19(22)23/h1-7,19H,8-9H2. The van der Waals surface area contributed by atoms with Gasteiger partial charge < -0.3 is 9.47 Å². The normalized spacial score (nSPS) is 13.4. The van der Waals surface area contributed by atoms with Gasteiger partial charge in [-0.1, -0.05) is 0 Å². The number of ether oxygens (including phenoxy) is 2. The highest BCUT2D eigenvalue weighted by molar-refractivity contribution is 6.10. The van der Waals surface area contributed by atoms with Crippen LogP contribution in [0.2, 0.25) is 0 Å². The van der Waals surface area contributed by atoms with Crippen molar-refractivity contribution in [2.45, 2.75) is 19.3 Å². The molecule has 0 spiro atoms. The number of fused-ring (bicyclic) bond motifs is 1. The molecule has 2 aromatic heterocycles. The van der Waals surface area contributed by atoms with Crippen molar-refractivity contribution in [3.05, 3.63) is 59.8 Å². The first-order valence-corrected chi connectivity index (χ1v) is 9.18. The molecule has 1 amide bonds. The van der Waals surface area contributed by atoms with E-state index in [1.54, 1.807) is 0 Å². The Balaban J connectivity index is 1.68. The minimum Gasteiger partial charge on any atom is -0.483 e. The molecule has 4 rings (SSSR count). The first kappa shape index (κ1) is 22.3. The number of aromatic nitrogens is 3. The van der Waals surface area contributed by atoms with E-state index in [9.17, 15) is 31.1 Å². The molecule has 1 aliphatic rings. The van der Waals surface area contributed by atoms with E-state index in [0.717, 1.165) is 24.5 Å². The minimum atomic E-state index is -4.65. The average molecular weight is 470 g/mol. The van der Waals surface area contributed by atoms with Crippen LogP contribution in [0.4, 0.5) is 32.2 Å². The van der Waals surface area contributed by atoms with Gasteiger partial charge in [-0.05, 0) is 18.2 Å². The number of hydrogen-bond donors (Lipinski definition) is 0. The van der Waals surface area contributed by atoms with Gasteiger partial charge in [0.05, 0.1) is 24.6 Å². The first-order chi connectivity index (χ1) is 15.6. The molecule has 3 aromatic rings. The predicted molar refractivity (Wildman–Crippen MR) is 100 cm³/mol. The summed E-state index contributed by atoms with van der Waals surface area (Å²) in [5, 5.41) is 0. The molecule has 1 aliphatic heterocycles. The molecule has 13 heteroatoms. The topological polar surface area (TPSA) is 77.4 Å². The van der Waals surface area contributed by atoms with Gasteiger partial charge in [0.15, 0.2) is 12.4 Å². The number of hydrogen-bond acceptors (Lipinski definition) is 6. The maximum atomic E-state index is 13.7. The number of nitrogens with zero attached hydrogens (tertiary/aromatic N) is 4. The van der Waals surface area contributed by atoms with Crippen LogP contribution in [0.15, 0.2) is 42.9 Å². The molecule has 0 saturated carbocycles. The number of benzene rings is 1. The maximum Gasteiger partial charge on any atom is 0.422 e. The molecule has 0 atom stereocenters. The van der Waals surface area contributed by atoms with E-state index in [1.165, 1.54) is 23.2 Å². The van der Waals surface area contributed by atoms with Crippen molar-refractivity contribution in [1.82, 2.24) is 15.0 Å². The number of halogens is 6. The van der Waals surface area contributed by atoms with Crippen LogP contribution in [0.1, 0.15) is 15.9 Å². The Morgan fingerprint density at radius 1 is 1.06 bits per heavy atom. The molecule has 0 saturated heterocycles. The van der Waals surface area contributed by atoms with Gasteiger partial charge >= 0.3 is 12.8 Å². The van der Waals surface area contributed by atoms with Gasteiger partial charge in [0.1, 0.15) is 11.6 Å². The molecule has 0 bridgehead atoms. The zero-order valence-electron chi connectivity index (χ0n) is 16.3. The largest absolute Gasteiger partial charge is 0.483 e. The van der Waals surface area contributed by atoms with E-state index in [4.69, 9.17) is 4.74 Å². The molecule has 172 valence electrons. The molecule has 0 aliphatic carbocycles. The number of rotatable bonds is 6. The number of anilines is 1. The highest BCUT2D eigenvalue weighted by Gasteiger charge is 2.34. The van der Waals surface area contributed by atoms with E-state index in [-0.39, 0.29) is 29.2 Å². The molecule has 1 aromatic carbocycles. The van der Waals surface area contributed by atoms with Crippen LogP contribution in [0, 0.1) is 5.82 Å².